The molecule has 8 nitrogen and oxygen atoms in total. The third kappa shape index (κ3) is 11.5. The Hall–Kier alpha value is -8.62. The van der Waals surface area contributed by atoms with E-state index in [9.17, 15) is 28.8 Å². The van der Waals surface area contributed by atoms with Crippen LogP contribution in [0.3, 0.4) is 0 Å². The summed E-state index contributed by atoms with van der Waals surface area (Å²) in [4.78, 5) is 98.5. The molecular formula is C70H66O8. The second-order valence-corrected chi connectivity index (χ2v) is 23.9. The zero-order valence-corrected chi connectivity index (χ0v) is 46.6. The number of benzene rings is 8. The molecule has 0 atom stereocenters. The quantitative estimate of drug-likeness (QED) is 0.0674. The molecule has 394 valence electrons. The molecular weight excluding hydrogens is 969 g/mol. The van der Waals surface area contributed by atoms with Gasteiger partial charge in [0.05, 0.1) is 11.1 Å². The fourth-order valence-corrected chi connectivity index (χ4v) is 10.1. The maximum Gasteiger partial charge on any atom is 0.386 e. The summed E-state index contributed by atoms with van der Waals surface area (Å²) in [5.74, 6) is -3.34. The summed E-state index contributed by atoms with van der Waals surface area (Å²) in [6.07, 6.45) is 0. The third-order valence-electron chi connectivity index (χ3n) is 14.0. The lowest BCUT2D eigenvalue weighted by Gasteiger charge is -2.24. The minimum Gasteiger partial charge on any atom is -0.289 e. The zero-order chi connectivity index (χ0) is 56.5. The van der Waals surface area contributed by atoms with Gasteiger partial charge in [-0.3, -0.25) is 19.2 Å². The molecule has 0 aliphatic rings. The van der Waals surface area contributed by atoms with Gasteiger partial charge in [-0.25, -0.2) is 19.4 Å². The van der Waals surface area contributed by atoms with E-state index in [0.717, 1.165) is 22.3 Å². The van der Waals surface area contributed by atoms with E-state index in [0.29, 0.717) is 44.5 Å². The number of carbonyl (C=O) groups excluding carboxylic acids is 6. The minimum absolute atomic E-state index is 0.0243. The molecule has 78 heavy (non-hydrogen) atoms. The lowest BCUT2D eigenvalue weighted by Crippen LogP contribution is -2.21. The van der Waals surface area contributed by atoms with E-state index in [4.69, 9.17) is 9.78 Å². The Kier molecular flexibility index (Phi) is 15.5. The highest BCUT2D eigenvalue weighted by Crippen LogP contribution is 2.37. The van der Waals surface area contributed by atoms with Crippen molar-refractivity contribution < 1.29 is 38.5 Å². The van der Waals surface area contributed by atoms with Crippen molar-refractivity contribution in [2.75, 3.05) is 0 Å². The van der Waals surface area contributed by atoms with Gasteiger partial charge in [-0.15, -0.1) is 0 Å². The first-order valence-electron chi connectivity index (χ1n) is 26.2. The SMILES string of the molecule is CC(C)(C)c1ccccc1C(=O)c1ccc(-c2ccccc2C(=O)OOC(=O)c2ccccc2-c2ccc(C(=O)c3ccccc3C(C)(C)C)c(C(=O)c3ccccc3C(C)(C)C)c2)cc1C(=O)c1ccccc1C(C)(C)C. The van der Waals surface area contributed by atoms with Crippen molar-refractivity contribution in [3.8, 4) is 22.3 Å². The monoisotopic (exact) mass is 1030 g/mol. The van der Waals surface area contributed by atoms with Gasteiger partial charge in [0.2, 0.25) is 0 Å². The molecule has 0 amide bonds. The van der Waals surface area contributed by atoms with Gasteiger partial charge in [-0.1, -0.05) is 229 Å². The summed E-state index contributed by atoms with van der Waals surface area (Å²) in [7, 11) is 0. The summed E-state index contributed by atoms with van der Waals surface area (Å²) < 4.78 is 0. The molecule has 0 unspecified atom stereocenters. The van der Waals surface area contributed by atoms with Crippen LogP contribution >= 0.6 is 0 Å². The Morgan fingerprint density at radius 3 is 0.756 bits per heavy atom. The van der Waals surface area contributed by atoms with E-state index in [1.165, 1.54) is 12.1 Å². The normalized spacial score (nSPS) is 11.9. The fourth-order valence-electron chi connectivity index (χ4n) is 10.1. The molecule has 8 aromatic rings. The first-order chi connectivity index (χ1) is 36.8. The number of carbonyl (C=O) groups is 6. The first kappa shape index (κ1) is 55.6. The summed E-state index contributed by atoms with van der Waals surface area (Å²) >= 11 is 0. The van der Waals surface area contributed by atoms with Crippen LogP contribution in [-0.2, 0) is 31.4 Å². The molecule has 8 rings (SSSR count). The maximum atomic E-state index is 15.0. The van der Waals surface area contributed by atoms with Gasteiger partial charge in [0.15, 0.2) is 23.1 Å². The van der Waals surface area contributed by atoms with Gasteiger partial charge in [-0.2, -0.15) is 0 Å². The van der Waals surface area contributed by atoms with Crippen LogP contribution in [0.25, 0.3) is 22.3 Å². The summed E-state index contributed by atoms with van der Waals surface area (Å²) in [5, 5.41) is 0. The smallest absolute Gasteiger partial charge is 0.289 e. The molecule has 8 heteroatoms. The van der Waals surface area contributed by atoms with Gasteiger partial charge < -0.3 is 0 Å². The van der Waals surface area contributed by atoms with Gasteiger partial charge in [0.25, 0.3) is 0 Å². The molecule has 0 heterocycles. The van der Waals surface area contributed by atoms with Crippen LogP contribution in [0.15, 0.2) is 182 Å². The lowest BCUT2D eigenvalue weighted by molar-refractivity contribution is -0.187. The summed E-state index contributed by atoms with van der Waals surface area (Å²) in [6.45, 7) is 24.3. The molecule has 0 saturated heterocycles. The van der Waals surface area contributed by atoms with Crippen molar-refractivity contribution in [3.05, 3.63) is 260 Å². The predicted octanol–water partition coefficient (Wildman–Crippen LogP) is 16.1. The molecule has 0 bridgehead atoms. The highest BCUT2D eigenvalue weighted by atomic mass is 17.2. The first-order valence-corrected chi connectivity index (χ1v) is 26.2. The van der Waals surface area contributed by atoms with Crippen LogP contribution in [-0.4, -0.2) is 35.1 Å². The number of rotatable bonds is 12. The molecule has 0 spiro atoms. The third-order valence-corrected chi connectivity index (χ3v) is 14.0. The molecule has 0 radical (unpaired) electrons. The summed E-state index contributed by atoms with van der Waals surface area (Å²) in [5.41, 5.74) is 5.90. The molecule has 0 N–H and O–H groups in total. The molecule has 8 aromatic carbocycles. The standard InChI is InChI=1S/C70H66O8/c1-67(2,3)57-33-21-17-29-51(57)61(71)47-39-37-43(41-55(47)63(73)53-31-19-23-35-59(53)69(7,8)9)45-25-13-15-27-49(45)65(75)77-78-66(76)50-28-16-14-26-46(50)44-38-40-48(62(72)52-30-18-22-34-58(52)68(4,5)6)56(42-44)64(74)54-32-20-24-36-60(54)70(10,11)12/h13-42H,1-12H3. The van der Waals surface area contributed by atoms with E-state index in [1.807, 2.05) is 144 Å². The Balaban J connectivity index is 1.15. The highest BCUT2D eigenvalue weighted by Gasteiger charge is 2.32. The minimum atomic E-state index is -0.995. The van der Waals surface area contributed by atoms with E-state index < -0.39 is 22.8 Å². The van der Waals surface area contributed by atoms with Crippen molar-refractivity contribution in [2.24, 2.45) is 0 Å². The number of ketones is 4. The van der Waals surface area contributed by atoms with Crippen LogP contribution in [0.2, 0.25) is 0 Å². The Labute approximate surface area is 458 Å². The number of hydrogen-bond acceptors (Lipinski definition) is 8. The lowest BCUT2D eigenvalue weighted by atomic mass is 9.79. The molecule has 0 aliphatic heterocycles. The number of hydrogen-bond donors (Lipinski definition) is 0. The van der Waals surface area contributed by atoms with Crippen LogP contribution in [0, 0.1) is 0 Å². The maximum absolute atomic E-state index is 15.0. The van der Waals surface area contributed by atoms with Crippen LogP contribution in [0.5, 0.6) is 0 Å². The second kappa shape index (κ2) is 21.8. The topological polar surface area (TPSA) is 121 Å². The van der Waals surface area contributed by atoms with Crippen molar-refractivity contribution >= 4 is 35.1 Å². The van der Waals surface area contributed by atoms with Crippen LogP contribution < -0.4 is 0 Å². The van der Waals surface area contributed by atoms with Crippen molar-refractivity contribution in [2.45, 2.75) is 105 Å². The van der Waals surface area contributed by atoms with Crippen molar-refractivity contribution in [1.82, 2.24) is 0 Å². The van der Waals surface area contributed by atoms with E-state index in [-0.39, 0.29) is 67.3 Å². The highest BCUT2D eigenvalue weighted by molar-refractivity contribution is 6.22. The van der Waals surface area contributed by atoms with Crippen molar-refractivity contribution in [3.63, 3.8) is 0 Å². The molecule has 0 fully saturated rings. The summed E-state index contributed by atoms with van der Waals surface area (Å²) in [6, 6.07) is 52.6. The largest absolute Gasteiger partial charge is 0.386 e. The predicted molar refractivity (Wildman–Crippen MR) is 309 cm³/mol. The van der Waals surface area contributed by atoms with E-state index in [2.05, 4.69) is 0 Å². The fraction of sp³-hybridized carbons (Fsp3) is 0.229. The Morgan fingerprint density at radius 2 is 0.487 bits per heavy atom. The average molecular weight is 1040 g/mol. The second-order valence-electron chi connectivity index (χ2n) is 23.9. The van der Waals surface area contributed by atoms with Gasteiger partial charge in [0.1, 0.15) is 0 Å². The van der Waals surface area contributed by atoms with E-state index in [1.54, 1.807) is 109 Å². The Bertz CT molecular complexity index is 3430. The van der Waals surface area contributed by atoms with Crippen LogP contribution in [0.4, 0.5) is 0 Å². The van der Waals surface area contributed by atoms with Crippen molar-refractivity contribution in [1.29, 1.82) is 0 Å². The molecule has 0 saturated carbocycles. The average Bonchev–Trinajstić information content (AvgIpc) is 3.59. The van der Waals surface area contributed by atoms with E-state index >= 15 is 0 Å². The Morgan fingerprint density at radius 1 is 0.256 bits per heavy atom. The van der Waals surface area contributed by atoms with Gasteiger partial charge in [0, 0.05) is 44.5 Å². The molecule has 0 aliphatic carbocycles. The van der Waals surface area contributed by atoms with Gasteiger partial charge >= 0.3 is 11.9 Å². The van der Waals surface area contributed by atoms with Crippen LogP contribution in [0.1, 0.15) is 190 Å². The zero-order valence-electron chi connectivity index (χ0n) is 46.6. The molecule has 0 aromatic heterocycles. The van der Waals surface area contributed by atoms with Gasteiger partial charge in [-0.05, 0) is 103 Å².